The molecule has 1 aliphatic rings. The monoisotopic (exact) mass is 291 g/mol. The standard InChI is InChI=1S/C16H21NO4/c1-12-14(16(19)20)7-9-17(12)15(18)11-21-10-8-13-5-3-2-4-6-13/h2-6,12,14H,7-11H2,1H3,(H,19,20). The molecule has 1 saturated heterocycles. The Hall–Kier alpha value is -1.88. The first-order valence-corrected chi connectivity index (χ1v) is 7.23. The van der Waals surface area contributed by atoms with Gasteiger partial charge in [0.15, 0.2) is 0 Å². The van der Waals surface area contributed by atoms with E-state index in [-0.39, 0.29) is 18.6 Å². The van der Waals surface area contributed by atoms with Crippen LogP contribution in [-0.2, 0) is 20.7 Å². The number of carboxylic acid groups (broad SMARTS) is 1. The number of carbonyl (C=O) groups excluding carboxylic acids is 1. The molecule has 1 N–H and O–H groups in total. The summed E-state index contributed by atoms with van der Waals surface area (Å²) in [7, 11) is 0. The lowest BCUT2D eigenvalue weighted by atomic mass is 10.0. The highest BCUT2D eigenvalue weighted by Gasteiger charge is 2.37. The molecule has 114 valence electrons. The Kier molecular flexibility index (Phi) is 5.33. The van der Waals surface area contributed by atoms with Crippen molar-refractivity contribution in [1.29, 1.82) is 0 Å². The van der Waals surface area contributed by atoms with Gasteiger partial charge in [0, 0.05) is 12.6 Å². The largest absolute Gasteiger partial charge is 0.481 e. The maximum atomic E-state index is 12.0. The molecule has 0 bridgehead atoms. The summed E-state index contributed by atoms with van der Waals surface area (Å²) >= 11 is 0. The van der Waals surface area contributed by atoms with Gasteiger partial charge in [0.05, 0.1) is 12.5 Å². The summed E-state index contributed by atoms with van der Waals surface area (Å²) in [5.41, 5.74) is 1.17. The molecular formula is C16H21NO4. The lowest BCUT2D eigenvalue weighted by Gasteiger charge is -2.23. The number of likely N-dealkylation sites (tertiary alicyclic amines) is 1. The van der Waals surface area contributed by atoms with E-state index < -0.39 is 11.9 Å². The van der Waals surface area contributed by atoms with Gasteiger partial charge in [0.25, 0.3) is 0 Å². The fourth-order valence-corrected chi connectivity index (χ4v) is 2.70. The Balaban J connectivity index is 1.72. The molecule has 1 aromatic rings. The molecule has 1 aromatic carbocycles. The zero-order chi connectivity index (χ0) is 15.2. The molecule has 0 aliphatic carbocycles. The van der Waals surface area contributed by atoms with Crippen molar-refractivity contribution < 1.29 is 19.4 Å². The number of rotatable bonds is 6. The van der Waals surface area contributed by atoms with Crippen molar-refractivity contribution in [2.75, 3.05) is 19.8 Å². The van der Waals surface area contributed by atoms with E-state index in [1.165, 1.54) is 5.56 Å². The van der Waals surface area contributed by atoms with E-state index in [9.17, 15) is 9.59 Å². The third-order valence-corrected chi connectivity index (χ3v) is 4.00. The summed E-state index contributed by atoms with van der Waals surface area (Å²) in [4.78, 5) is 24.7. The molecule has 2 rings (SSSR count). The molecule has 2 unspecified atom stereocenters. The topological polar surface area (TPSA) is 66.8 Å². The molecule has 1 aliphatic heterocycles. The minimum atomic E-state index is -0.831. The normalized spacial score (nSPS) is 21.5. The van der Waals surface area contributed by atoms with Crippen LogP contribution < -0.4 is 0 Å². The highest BCUT2D eigenvalue weighted by atomic mass is 16.5. The van der Waals surface area contributed by atoms with Crippen LogP contribution in [0.1, 0.15) is 18.9 Å². The highest BCUT2D eigenvalue weighted by Crippen LogP contribution is 2.24. The molecule has 5 nitrogen and oxygen atoms in total. The lowest BCUT2D eigenvalue weighted by Crippen LogP contribution is -2.39. The van der Waals surface area contributed by atoms with Gasteiger partial charge in [-0.2, -0.15) is 0 Å². The van der Waals surface area contributed by atoms with Crippen molar-refractivity contribution in [3.8, 4) is 0 Å². The number of carbonyl (C=O) groups is 2. The number of hydrogen-bond donors (Lipinski definition) is 1. The second-order valence-electron chi connectivity index (χ2n) is 5.35. The summed E-state index contributed by atoms with van der Waals surface area (Å²) in [6.45, 7) is 2.79. The SMILES string of the molecule is CC1C(C(=O)O)CCN1C(=O)COCCc1ccccc1. The van der Waals surface area contributed by atoms with E-state index in [1.807, 2.05) is 30.3 Å². The minimum absolute atomic E-state index is 0.0174. The second-order valence-corrected chi connectivity index (χ2v) is 5.35. The second kappa shape index (κ2) is 7.22. The Morgan fingerprint density at radius 3 is 2.67 bits per heavy atom. The summed E-state index contributed by atoms with van der Waals surface area (Å²) in [6.07, 6.45) is 1.29. The zero-order valence-electron chi connectivity index (χ0n) is 12.2. The van der Waals surface area contributed by atoms with Gasteiger partial charge in [-0.25, -0.2) is 0 Å². The fourth-order valence-electron chi connectivity index (χ4n) is 2.70. The van der Waals surface area contributed by atoms with Crippen LogP contribution in [0.5, 0.6) is 0 Å². The number of hydrogen-bond acceptors (Lipinski definition) is 3. The van der Waals surface area contributed by atoms with Crippen molar-refractivity contribution in [2.45, 2.75) is 25.8 Å². The van der Waals surface area contributed by atoms with Crippen LogP contribution in [0.15, 0.2) is 30.3 Å². The summed E-state index contributed by atoms with van der Waals surface area (Å²) in [6, 6.07) is 9.68. The average molecular weight is 291 g/mol. The maximum absolute atomic E-state index is 12.0. The third kappa shape index (κ3) is 4.04. The van der Waals surface area contributed by atoms with Crippen molar-refractivity contribution >= 4 is 11.9 Å². The molecule has 1 fully saturated rings. The van der Waals surface area contributed by atoms with Crippen LogP contribution in [0.25, 0.3) is 0 Å². The predicted molar refractivity (Wildman–Crippen MR) is 77.9 cm³/mol. The van der Waals surface area contributed by atoms with Gasteiger partial charge < -0.3 is 14.7 Å². The first-order valence-electron chi connectivity index (χ1n) is 7.23. The van der Waals surface area contributed by atoms with E-state index in [0.717, 1.165) is 6.42 Å². The third-order valence-electron chi connectivity index (χ3n) is 4.00. The molecule has 2 atom stereocenters. The van der Waals surface area contributed by atoms with Crippen LogP contribution in [0.4, 0.5) is 0 Å². The average Bonchev–Trinajstić information content (AvgIpc) is 2.86. The smallest absolute Gasteiger partial charge is 0.308 e. The van der Waals surface area contributed by atoms with E-state index in [0.29, 0.717) is 19.6 Å². The first kappa shape index (κ1) is 15.5. The van der Waals surface area contributed by atoms with Gasteiger partial charge in [0.2, 0.25) is 5.91 Å². The van der Waals surface area contributed by atoms with E-state index >= 15 is 0 Å². The molecule has 21 heavy (non-hydrogen) atoms. The van der Waals surface area contributed by atoms with Gasteiger partial charge in [-0.3, -0.25) is 9.59 Å². The number of amides is 1. The van der Waals surface area contributed by atoms with Crippen molar-refractivity contribution in [3.63, 3.8) is 0 Å². The van der Waals surface area contributed by atoms with Gasteiger partial charge in [-0.15, -0.1) is 0 Å². The molecule has 1 amide bonds. The summed E-state index contributed by atoms with van der Waals surface area (Å²) in [5.74, 6) is -1.42. The number of nitrogens with zero attached hydrogens (tertiary/aromatic N) is 1. The molecular weight excluding hydrogens is 270 g/mol. The number of benzene rings is 1. The van der Waals surface area contributed by atoms with E-state index in [2.05, 4.69) is 0 Å². The van der Waals surface area contributed by atoms with Crippen molar-refractivity contribution in [2.24, 2.45) is 5.92 Å². The van der Waals surface area contributed by atoms with Gasteiger partial charge in [-0.05, 0) is 25.3 Å². The van der Waals surface area contributed by atoms with Gasteiger partial charge in [0.1, 0.15) is 6.61 Å². The van der Waals surface area contributed by atoms with Crippen LogP contribution in [0.3, 0.4) is 0 Å². The van der Waals surface area contributed by atoms with Gasteiger partial charge >= 0.3 is 5.97 Å². The lowest BCUT2D eigenvalue weighted by molar-refractivity contribution is -0.143. The molecule has 1 heterocycles. The first-order chi connectivity index (χ1) is 10.1. The van der Waals surface area contributed by atoms with Crippen molar-refractivity contribution in [3.05, 3.63) is 35.9 Å². The Labute approximate surface area is 124 Å². The van der Waals surface area contributed by atoms with E-state index in [4.69, 9.17) is 9.84 Å². The number of aliphatic carboxylic acids is 1. The molecule has 0 spiro atoms. The highest BCUT2D eigenvalue weighted by molar-refractivity contribution is 5.80. The van der Waals surface area contributed by atoms with Crippen LogP contribution in [0.2, 0.25) is 0 Å². The maximum Gasteiger partial charge on any atom is 0.308 e. The Morgan fingerprint density at radius 1 is 1.33 bits per heavy atom. The van der Waals surface area contributed by atoms with Crippen LogP contribution >= 0.6 is 0 Å². The molecule has 5 heteroatoms. The van der Waals surface area contributed by atoms with E-state index in [1.54, 1.807) is 11.8 Å². The van der Waals surface area contributed by atoms with Crippen LogP contribution in [0, 0.1) is 5.92 Å². The molecule has 0 aromatic heterocycles. The minimum Gasteiger partial charge on any atom is -0.481 e. The van der Waals surface area contributed by atoms with Crippen LogP contribution in [-0.4, -0.2) is 47.7 Å². The van der Waals surface area contributed by atoms with Gasteiger partial charge in [-0.1, -0.05) is 30.3 Å². The quantitative estimate of drug-likeness (QED) is 0.808. The molecule has 0 saturated carbocycles. The van der Waals surface area contributed by atoms with Crippen molar-refractivity contribution in [1.82, 2.24) is 4.90 Å². The Morgan fingerprint density at radius 2 is 2.05 bits per heavy atom. The fraction of sp³-hybridized carbons (Fsp3) is 0.500. The molecule has 0 radical (unpaired) electrons. The Bertz CT molecular complexity index is 488. The number of carboxylic acids is 1. The summed E-state index contributed by atoms with van der Waals surface area (Å²) < 4.78 is 5.42. The summed E-state index contributed by atoms with van der Waals surface area (Å²) in [5, 5.41) is 9.05. The predicted octanol–water partition coefficient (Wildman–Crippen LogP) is 1.57. The zero-order valence-corrected chi connectivity index (χ0v) is 12.2. The number of ether oxygens (including phenoxy) is 1.